The number of carbonyl (C=O) groups is 1. The minimum absolute atomic E-state index is 0.209. The van der Waals surface area contributed by atoms with Crippen LogP contribution in [-0.4, -0.2) is 10.9 Å². The molecule has 0 unspecified atom stereocenters. The quantitative estimate of drug-likeness (QED) is 0.617. The normalized spacial score (nSPS) is 10.7. The lowest BCUT2D eigenvalue weighted by atomic mass is 10.2. The predicted octanol–water partition coefficient (Wildman–Crippen LogP) is 5.27. The van der Waals surface area contributed by atoms with Gasteiger partial charge in [0.15, 0.2) is 11.6 Å². The molecule has 25 heavy (non-hydrogen) atoms. The zero-order valence-electron chi connectivity index (χ0n) is 13.3. The van der Waals surface area contributed by atoms with Gasteiger partial charge in [0, 0.05) is 33.3 Å². The molecule has 1 heterocycles. The van der Waals surface area contributed by atoms with E-state index >= 15 is 0 Å². The van der Waals surface area contributed by atoms with E-state index in [1.54, 1.807) is 35.2 Å². The molecule has 128 valence electrons. The van der Waals surface area contributed by atoms with Gasteiger partial charge < -0.3 is 5.32 Å². The number of aromatic nitrogens is 1. The number of hydrogen-bond donors (Lipinski definition) is 1. The van der Waals surface area contributed by atoms with Crippen LogP contribution < -0.4 is 5.32 Å². The average Bonchev–Trinajstić information content (AvgIpc) is 3.02. The van der Waals surface area contributed by atoms with Gasteiger partial charge >= 0.3 is 0 Å². The van der Waals surface area contributed by atoms with Gasteiger partial charge in [-0.2, -0.15) is 0 Å². The van der Waals surface area contributed by atoms with Crippen LogP contribution >= 0.6 is 23.1 Å². The molecule has 1 amide bonds. The number of thioether (sulfide) groups is 1. The van der Waals surface area contributed by atoms with Gasteiger partial charge in [-0.05, 0) is 43.3 Å². The minimum atomic E-state index is -0.998. The molecule has 2 aromatic carbocycles. The van der Waals surface area contributed by atoms with E-state index in [0.29, 0.717) is 5.56 Å². The molecule has 3 aromatic rings. The maximum Gasteiger partial charge on any atom is 0.255 e. The number of anilines is 1. The summed E-state index contributed by atoms with van der Waals surface area (Å²) in [6.07, 6.45) is 0. The number of benzene rings is 2. The highest BCUT2D eigenvalue weighted by molar-refractivity contribution is 7.98. The van der Waals surface area contributed by atoms with Crippen molar-refractivity contribution in [2.24, 2.45) is 0 Å². The van der Waals surface area contributed by atoms with Crippen LogP contribution in [0.2, 0.25) is 0 Å². The highest BCUT2D eigenvalue weighted by Gasteiger charge is 2.09. The second-order valence-corrected chi connectivity index (χ2v) is 7.36. The van der Waals surface area contributed by atoms with Crippen molar-refractivity contribution in [1.82, 2.24) is 4.98 Å². The van der Waals surface area contributed by atoms with Crippen LogP contribution in [0.15, 0.2) is 52.7 Å². The van der Waals surface area contributed by atoms with Crippen molar-refractivity contribution < 1.29 is 13.6 Å². The number of hydrogen-bond acceptors (Lipinski definition) is 4. The van der Waals surface area contributed by atoms with Crippen LogP contribution in [0.3, 0.4) is 0 Å². The first-order valence-corrected chi connectivity index (χ1v) is 9.28. The van der Waals surface area contributed by atoms with Gasteiger partial charge in [0.1, 0.15) is 0 Å². The summed E-state index contributed by atoms with van der Waals surface area (Å²) in [5.74, 6) is -1.56. The Balaban J connectivity index is 1.60. The summed E-state index contributed by atoms with van der Waals surface area (Å²) in [6, 6.07) is 10.3. The van der Waals surface area contributed by atoms with Crippen molar-refractivity contribution in [3.8, 4) is 0 Å². The molecule has 0 aliphatic rings. The Kier molecular flexibility index (Phi) is 5.45. The van der Waals surface area contributed by atoms with Gasteiger partial charge in [0.2, 0.25) is 0 Å². The SMILES string of the molecule is Cc1nc(CSc2ccc(C(=O)Nc3ccc(F)c(F)c3)cc2)cs1. The van der Waals surface area contributed by atoms with Crippen LogP contribution in [0.4, 0.5) is 14.5 Å². The van der Waals surface area contributed by atoms with E-state index in [9.17, 15) is 13.6 Å². The first-order chi connectivity index (χ1) is 12.0. The van der Waals surface area contributed by atoms with Crippen LogP contribution in [0.5, 0.6) is 0 Å². The lowest BCUT2D eigenvalue weighted by Gasteiger charge is -2.06. The molecule has 0 fully saturated rings. The smallest absolute Gasteiger partial charge is 0.255 e. The molecule has 0 saturated heterocycles. The molecule has 3 nitrogen and oxygen atoms in total. The number of rotatable bonds is 5. The Labute approximate surface area is 152 Å². The van der Waals surface area contributed by atoms with Crippen LogP contribution in [0.25, 0.3) is 0 Å². The van der Waals surface area contributed by atoms with E-state index in [0.717, 1.165) is 33.5 Å². The van der Waals surface area contributed by atoms with Crippen molar-refractivity contribution in [3.63, 3.8) is 0 Å². The van der Waals surface area contributed by atoms with Gasteiger partial charge in [-0.25, -0.2) is 13.8 Å². The van der Waals surface area contributed by atoms with E-state index in [-0.39, 0.29) is 11.6 Å². The third-order valence-electron chi connectivity index (χ3n) is 3.35. The second kappa shape index (κ2) is 7.76. The number of carbonyl (C=O) groups excluding carboxylic acids is 1. The van der Waals surface area contributed by atoms with Crippen molar-refractivity contribution in [1.29, 1.82) is 0 Å². The fourth-order valence-corrected chi connectivity index (χ4v) is 3.62. The summed E-state index contributed by atoms with van der Waals surface area (Å²) >= 11 is 3.26. The summed E-state index contributed by atoms with van der Waals surface area (Å²) in [4.78, 5) is 17.6. The standard InChI is InChI=1S/C18H14F2N2OS2/c1-11-21-14(9-24-11)10-25-15-5-2-12(3-6-15)18(23)22-13-4-7-16(19)17(20)8-13/h2-9H,10H2,1H3,(H,22,23). The highest BCUT2D eigenvalue weighted by Crippen LogP contribution is 2.24. The number of nitrogens with one attached hydrogen (secondary N) is 1. The number of nitrogens with zero attached hydrogens (tertiary/aromatic N) is 1. The molecule has 1 N–H and O–H groups in total. The van der Waals surface area contributed by atoms with Gasteiger partial charge in [0.25, 0.3) is 5.91 Å². The molecule has 1 aromatic heterocycles. The molecular formula is C18H14F2N2OS2. The highest BCUT2D eigenvalue weighted by atomic mass is 32.2. The first-order valence-electron chi connectivity index (χ1n) is 7.41. The van der Waals surface area contributed by atoms with E-state index in [4.69, 9.17) is 0 Å². The van der Waals surface area contributed by atoms with Crippen LogP contribution in [0, 0.1) is 18.6 Å². The van der Waals surface area contributed by atoms with Gasteiger partial charge in [-0.1, -0.05) is 0 Å². The molecule has 0 saturated carbocycles. The second-order valence-electron chi connectivity index (χ2n) is 5.25. The molecule has 0 radical (unpaired) electrons. The maximum absolute atomic E-state index is 13.2. The van der Waals surface area contributed by atoms with Crippen molar-refractivity contribution >= 4 is 34.7 Å². The Bertz CT molecular complexity index is 894. The maximum atomic E-state index is 13.2. The van der Waals surface area contributed by atoms with E-state index in [2.05, 4.69) is 10.3 Å². The number of aryl methyl sites for hydroxylation is 1. The number of thiazole rings is 1. The topological polar surface area (TPSA) is 42.0 Å². The lowest BCUT2D eigenvalue weighted by Crippen LogP contribution is -2.12. The van der Waals surface area contributed by atoms with E-state index in [1.165, 1.54) is 6.07 Å². The third kappa shape index (κ3) is 4.64. The number of amides is 1. The fourth-order valence-electron chi connectivity index (χ4n) is 2.11. The van der Waals surface area contributed by atoms with Crippen LogP contribution in [0.1, 0.15) is 21.1 Å². The first kappa shape index (κ1) is 17.6. The molecular weight excluding hydrogens is 362 g/mol. The monoisotopic (exact) mass is 376 g/mol. The molecule has 0 aliphatic heterocycles. The molecule has 0 aliphatic carbocycles. The van der Waals surface area contributed by atoms with Gasteiger partial charge in [0.05, 0.1) is 10.7 Å². The van der Waals surface area contributed by atoms with Crippen LogP contribution in [-0.2, 0) is 5.75 Å². The summed E-state index contributed by atoms with van der Waals surface area (Å²) < 4.78 is 26.1. The Hall–Kier alpha value is -2.25. The average molecular weight is 376 g/mol. The summed E-state index contributed by atoms with van der Waals surface area (Å²) in [5.41, 5.74) is 1.69. The molecule has 7 heteroatoms. The lowest BCUT2D eigenvalue weighted by molar-refractivity contribution is 0.102. The van der Waals surface area contributed by atoms with E-state index < -0.39 is 11.6 Å². The predicted molar refractivity (Wildman–Crippen MR) is 97.2 cm³/mol. The Morgan fingerprint density at radius 2 is 1.92 bits per heavy atom. The molecule has 3 rings (SSSR count). The Morgan fingerprint density at radius 3 is 2.56 bits per heavy atom. The largest absolute Gasteiger partial charge is 0.322 e. The molecule has 0 spiro atoms. The fraction of sp³-hybridized carbons (Fsp3) is 0.111. The van der Waals surface area contributed by atoms with Gasteiger partial charge in [-0.3, -0.25) is 4.79 Å². The minimum Gasteiger partial charge on any atom is -0.322 e. The summed E-state index contributed by atoms with van der Waals surface area (Å²) in [6.45, 7) is 1.97. The Morgan fingerprint density at radius 1 is 1.16 bits per heavy atom. The third-order valence-corrected chi connectivity index (χ3v) is 5.22. The zero-order chi connectivity index (χ0) is 17.8. The zero-order valence-corrected chi connectivity index (χ0v) is 14.9. The van der Waals surface area contributed by atoms with Crippen molar-refractivity contribution in [3.05, 3.63) is 75.7 Å². The molecule has 0 bridgehead atoms. The van der Waals surface area contributed by atoms with Gasteiger partial charge in [-0.15, -0.1) is 23.1 Å². The molecule has 0 atom stereocenters. The van der Waals surface area contributed by atoms with Crippen molar-refractivity contribution in [2.45, 2.75) is 17.6 Å². The summed E-state index contributed by atoms with van der Waals surface area (Å²) in [5, 5.41) is 5.62. The van der Waals surface area contributed by atoms with E-state index in [1.807, 2.05) is 24.4 Å². The summed E-state index contributed by atoms with van der Waals surface area (Å²) in [7, 11) is 0. The number of halogens is 2. The van der Waals surface area contributed by atoms with Crippen molar-refractivity contribution in [2.75, 3.05) is 5.32 Å².